The predicted molar refractivity (Wildman–Crippen MR) is 73.0 cm³/mol. The number of rotatable bonds is 3. The molecule has 0 radical (unpaired) electrons. The molecular weight excluding hydrogens is 267 g/mol. The summed E-state index contributed by atoms with van der Waals surface area (Å²) >= 11 is 6.00. The molecule has 0 aliphatic carbocycles. The lowest BCUT2D eigenvalue weighted by Crippen LogP contribution is -2.33. The third-order valence-electron chi connectivity index (χ3n) is 3.81. The standard InChI is InChI=1S/C14H16ClFN2O/c15-11-1-2-14-12(7-11)13(17-19-14)9-18-5-3-10(8-16)4-6-18/h1-2,7,10H,3-6,8-9H2. The van der Waals surface area contributed by atoms with E-state index in [0.29, 0.717) is 5.02 Å². The third-order valence-corrected chi connectivity index (χ3v) is 4.04. The van der Waals surface area contributed by atoms with Gasteiger partial charge in [-0.2, -0.15) is 0 Å². The quantitative estimate of drug-likeness (QED) is 0.860. The van der Waals surface area contributed by atoms with E-state index in [9.17, 15) is 4.39 Å². The summed E-state index contributed by atoms with van der Waals surface area (Å²) in [5.74, 6) is 0.236. The predicted octanol–water partition coefficient (Wildman–Crippen LogP) is 3.66. The number of hydrogen-bond donors (Lipinski definition) is 0. The van der Waals surface area contributed by atoms with Crippen molar-refractivity contribution < 1.29 is 8.91 Å². The van der Waals surface area contributed by atoms with Crippen LogP contribution in [0.5, 0.6) is 0 Å². The van der Waals surface area contributed by atoms with Gasteiger partial charge in [0.1, 0.15) is 5.69 Å². The fourth-order valence-corrected chi connectivity index (χ4v) is 2.76. The Labute approximate surface area is 116 Å². The fraction of sp³-hybridized carbons (Fsp3) is 0.500. The monoisotopic (exact) mass is 282 g/mol. The van der Waals surface area contributed by atoms with E-state index in [1.54, 1.807) is 6.07 Å². The van der Waals surface area contributed by atoms with E-state index in [1.165, 1.54) is 0 Å². The number of piperidine rings is 1. The molecule has 2 aromatic rings. The minimum Gasteiger partial charge on any atom is -0.356 e. The van der Waals surface area contributed by atoms with Gasteiger partial charge in [0.25, 0.3) is 0 Å². The Bertz CT molecular complexity index is 564. The maximum absolute atomic E-state index is 12.6. The summed E-state index contributed by atoms with van der Waals surface area (Å²) in [7, 11) is 0. The number of hydrogen-bond acceptors (Lipinski definition) is 3. The van der Waals surface area contributed by atoms with E-state index in [0.717, 1.165) is 49.1 Å². The summed E-state index contributed by atoms with van der Waals surface area (Å²) < 4.78 is 17.9. The van der Waals surface area contributed by atoms with Crippen LogP contribution in [0.4, 0.5) is 4.39 Å². The van der Waals surface area contributed by atoms with E-state index in [2.05, 4.69) is 10.1 Å². The van der Waals surface area contributed by atoms with E-state index in [1.807, 2.05) is 12.1 Å². The minimum absolute atomic E-state index is 0.198. The minimum atomic E-state index is -0.198. The molecule has 1 aromatic carbocycles. The molecule has 5 heteroatoms. The van der Waals surface area contributed by atoms with Gasteiger partial charge in [-0.1, -0.05) is 16.8 Å². The number of alkyl halides is 1. The molecule has 0 unspecified atom stereocenters. The first-order chi connectivity index (χ1) is 9.26. The molecule has 1 aliphatic heterocycles. The molecule has 0 amide bonds. The van der Waals surface area contributed by atoms with Gasteiger partial charge in [0.15, 0.2) is 5.58 Å². The van der Waals surface area contributed by atoms with Crippen LogP contribution in [0.3, 0.4) is 0 Å². The average molecular weight is 283 g/mol. The number of likely N-dealkylation sites (tertiary alicyclic amines) is 1. The Hall–Kier alpha value is -1.13. The van der Waals surface area contributed by atoms with Crippen molar-refractivity contribution >= 4 is 22.6 Å². The fourth-order valence-electron chi connectivity index (χ4n) is 2.59. The largest absolute Gasteiger partial charge is 0.356 e. The molecule has 0 spiro atoms. The highest BCUT2D eigenvalue weighted by Crippen LogP contribution is 2.25. The van der Waals surface area contributed by atoms with Crippen LogP contribution in [-0.4, -0.2) is 29.8 Å². The van der Waals surface area contributed by atoms with Crippen molar-refractivity contribution in [1.29, 1.82) is 0 Å². The van der Waals surface area contributed by atoms with Crippen LogP contribution < -0.4 is 0 Å². The molecule has 0 N–H and O–H groups in total. The number of fused-ring (bicyclic) bond motifs is 1. The maximum Gasteiger partial charge on any atom is 0.167 e. The Morgan fingerprint density at radius 3 is 2.89 bits per heavy atom. The van der Waals surface area contributed by atoms with Gasteiger partial charge in [-0.15, -0.1) is 0 Å². The maximum atomic E-state index is 12.6. The molecule has 0 bridgehead atoms. The molecule has 102 valence electrons. The highest BCUT2D eigenvalue weighted by atomic mass is 35.5. The Kier molecular flexibility index (Phi) is 3.71. The Balaban J connectivity index is 1.73. The second-order valence-electron chi connectivity index (χ2n) is 5.14. The van der Waals surface area contributed by atoms with Crippen molar-refractivity contribution in [3.63, 3.8) is 0 Å². The van der Waals surface area contributed by atoms with Crippen molar-refractivity contribution in [3.05, 3.63) is 28.9 Å². The number of aromatic nitrogens is 1. The average Bonchev–Trinajstić information content (AvgIpc) is 2.82. The van der Waals surface area contributed by atoms with Gasteiger partial charge in [-0.3, -0.25) is 9.29 Å². The van der Waals surface area contributed by atoms with Crippen molar-refractivity contribution in [3.8, 4) is 0 Å². The number of halogens is 2. The van der Waals surface area contributed by atoms with Crippen LogP contribution in [0.1, 0.15) is 18.5 Å². The van der Waals surface area contributed by atoms with Crippen LogP contribution in [0.25, 0.3) is 11.0 Å². The van der Waals surface area contributed by atoms with E-state index in [4.69, 9.17) is 16.1 Å². The summed E-state index contributed by atoms with van der Waals surface area (Å²) in [4.78, 5) is 2.30. The zero-order valence-corrected chi connectivity index (χ0v) is 11.4. The molecule has 0 atom stereocenters. The Morgan fingerprint density at radius 2 is 2.16 bits per heavy atom. The first-order valence-electron chi connectivity index (χ1n) is 6.58. The van der Waals surface area contributed by atoms with Gasteiger partial charge in [-0.25, -0.2) is 0 Å². The third kappa shape index (κ3) is 2.74. The van der Waals surface area contributed by atoms with Crippen molar-refractivity contribution in [2.24, 2.45) is 5.92 Å². The lowest BCUT2D eigenvalue weighted by atomic mass is 9.98. The van der Waals surface area contributed by atoms with Gasteiger partial charge in [0, 0.05) is 17.0 Å². The first kappa shape index (κ1) is 12.9. The molecule has 1 aliphatic rings. The van der Waals surface area contributed by atoms with E-state index in [-0.39, 0.29) is 12.6 Å². The van der Waals surface area contributed by atoms with Crippen molar-refractivity contribution in [2.75, 3.05) is 19.8 Å². The second kappa shape index (κ2) is 5.47. The SMILES string of the molecule is FCC1CCN(Cc2noc3ccc(Cl)cc23)CC1. The number of benzene rings is 1. The van der Waals surface area contributed by atoms with Gasteiger partial charge in [0.05, 0.1) is 6.67 Å². The van der Waals surface area contributed by atoms with Crippen LogP contribution >= 0.6 is 11.6 Å². The zero-order valence-electron chi connectivity index (χ0n) is 10.6. The molecular formula is C14H16ClFN2O. The smallest absolute Gasteiger partial charge is 0.167 e. The Morgan fingerprint density at radius 1 is 1.37 bits per heavy atom. The van der Waals surface area contributed by atoms with Gasteiger partial charge < -0.3 is 4.52 Å². The van der Waals surface area contributed by atoms with E-state index >= 15 is 0 Å². The zero-order chi connectivity index (χ0) is 13.2. The lowest BCUT2D eigenvalue weighted by molar-refractivity contribution is 0.157. The summed E-state index contributed by atoms with van der Waals surface area (Å²) in [5.41, 5.74) is 1.68. The highest BCUT2D eigenvalue weighted by molar-refractivity contribution is 6.31. The number of nitrogens with zero attached hydrogens (tertiary/aromatic N) is 2. The van der Waals surface area contributed by atoms with Crippen molar-refractivity contribution in [2.45, 2.75) is 19.4 Å². The van der Waals surface area contributed by atoms with Gasteiger partial charge >= 0.3 is 0 Å². The molecule has 1 fully saturated rings. The van der Waals surface area contributed by atoms with Gasteiger partial charge in [-0.05, 0) is 50.0 Å². The molecule has 19 heavy (non-hydrogen) atoms. The van der Waals surface area contributed by atoms with E-state index < -0.39 is 0 Å². The van der Waals surface area contributed by atoms with Crippen LogP contribution in [-0.2, 0) is 6.54 Å². The van der Waals surface area contributed by atoms with Crippen LogP contribution in [0.15, 0.2) is 22.7 Å². The lowest BCUT2D eigenvalue weighted by Gasteiger charge is -2.29. The normalized spacial score (nSPS) is 18.2. The first-order valence-corrected chi connectivity index (χ1v) is 6.96. The molecule has 3 rings (SSSR count). The summed E-state index contributed by atoms with van der Waals surface area (Å²) in [6.07, 6.45) is 1.85. The van der Waals surface area contributed by atoms with Crippen LogP contribution in [0.2, 0.25) is 5.02 Å². The summed E-state index contributed by atoms with van der Waals surface area (Å²) in [6, 6.07) is 5.52. The van der Waals surface area contributed by atoms with Crippen molar-refractivity contribution in [1.82, 2.24) is 10.1 Å². The second-order valence-corrected chi connectivity index (χ2v) is 5.58. The van der Waals surface area contributed by atoms with Gasteiger partial charge in [0.2, 0.25) is 0 Å². The molecule has 1 saturated heterocycles. The summed E-state index contributed by atoms with van der Waals surface area (Å²) in [6.45, 7) is 2.38. The molecule has 1 aromatic heterocycles. The van der Waals surface area contributed by atoms with Crippen LogP contribution in [0, 0.1) is 5.92 Å². The highest BCUT2D eigenvalue weighted by Gasteiger charge is 2.20. The molecule has 2 heterocycles. The molecule has 3 nitrogen and oxygen atoms in total. The molecule has 0 saturated carbocycles. The topological polar surface area (TPSA) is 29.3 Å². The summed E-state index contributed by atoms with van der Waals surface area (Å²) in [5, 5.41) is 5.78.